The van der Waals surface area contributed by atoms with E-state index in [0.717, 1.165) is 16.9 Å². The highest BCUT2D eigenvalue weighted by atomic mass is 16.5. The number of hydrogen-bond acceptors (Lipinski definition) is 5. The van der Waals surface area contributed by atoms with Gasteiger partial charge in [0.2, 0.25) is 0 Å². The van der Waals surface area contributed by atoms with Crippen molar-refractivity contribution in [2.24, 2.45) is 0 Å². The Morgan fingerprint density at radius 1 is 1.22 bits per heavy atom. The second kappa shape index (κ2) is 7.02. The van der Waals surface area contributed by atoms with E-state index < -0.39 is 36.1 Å². The number of nitrogens with zero attached hydrogens (tertiary/aromatic N) is 2. The lowest BCUT2D eigenvalue weighted by Crippen LogP contribution is -2.44. The van der Waals surface area contributed by atoms with E-state index in [9.17, 15) is 19.2 Å². The Kier molecular flexibility index (Phi) is 4.91. The lowest BCUT2D eigenvalue weighted by molar-refractivity contribution is -0.160. The smallest absolute Gasteiger partial charge is 0.327 e. The second-order valence-electron chi connectivity index (χ2n) is 7.36. The summed E-state index contributed by atoms with van der Waals surface area (Å²) in [7, 11) is 0. The number of hydrogen-bond donors (Lipinski definition) is 1. The molecule has 1 aromatic rings. The molecular formula is C19H23N3O5. The van der Waals surface area contributed by atoms with Gasteiger partial charge in [-0.1, -0.05) is 24.3 Å². The summed E-state index contributed by atoms with van der Waals surface area (Å²) in [6.45, 7) is 5.11. The molecule has 1 saturated heterocycles. The number of imide groups is 1. The van der Waals surface area contributed by atoms with Crippen molar-refractivity contribution in [3.63, 3.8) is 0 Å². The van der Waals surface area contributed by atoms with Gasteiger partial charge in [-0.25, -0.2) is 4.79 Å². The van der Waals surface area contributed by atoms with E-state index in [0.29, 0.717) is 13.1 Å². The van der Waals surface area contributed by atoms with Crippen LogP contribution in [-0.2, 0) is 32.1 Å². The molecule has 0 aromatic heterocycles. The zero-order valence-electron chi connectivity index (χ0n) is 15.7. The number of esters is 1. The van der Waals surface area contributed by atoms with Crippen LogP contribution in [0.25, 0.3) is 0 Å². The van der Waals surface area contributed by atoms with Crippen LogP contribution in [0.5, 0.6) is 0 Å². The molecular weight excluding hydrogens is 350 g/mol. The zero-order valence-corrected chi connectivity index (χ0v) is 15.7. The van der Waals surface area contributed by atoms with Crippen molar-refractivity contribution in [3.05, 3.63) is 35.4 Å². The highest BCUT2D eigenvalue weighted by Crippen LogP contribution is 2.20. The number of carbonyl (C=O) groups is 4. The van der Waals surface area contributed by atoms with E-state index in [1.165, 1.54) is 12.5 Å². The number of amides is 4. The van der Waals surface area contributed by atoms with Gasteiger partial charge in [0.1, 0.15) is 12.1 Å². The maximum absolute atomic E-state index is 12.6. The summed E-state index contributed by atoms with van der Waals surface area (Å²) in [6, 6.07) is 7.27. The summed E-state index contributed by atoms with van der Waals surface area (Å²) >= 11 is 0. The molecule has 8 heteroatoms. The van der Waals surface area contributed by atoms with Crippen molar-refractivity contribution in [2.75, 3.05) is 13.1 Å². The molecule has 1 N–H and O–H groups in total. The van der Waals surface area contributed by atoms with Crippen LogP contribution in [0.4, 0.5) is 4.79 Å². The molecule has 2 aliphatic rings. The molecule has 144 valence electrons. The Morgan fingerprint density at radius 2 is 1.89 bits per heavy atom. The van der Waals surface area contributed by atoms with E-state index in [1.54, 1.807) is 18.7 Å². The number of fused-ring (bicyclic) bond motifs is 1. The molecule has 4 amide bonds. The molecule has 0 saturated carbocycles. The third-order valence-corrected chi connectivity index (χ3v) is 4.83. The molecule has 0 aliphatic carbocycles. The summed E-state index contributed by atoms with van der Waals surface area (Å²) in [5.74, 6) is -1.60. The van der Waals surface area contributed by atoms with Gasteiger partial charge in [-0.15, -0.1) is 0 Å². The number of benzene rings is 1. The van der Waals surface area contributed by atoms with Crippen molar-refractivity contribution in [3.8, 4) is 0 Å². The summed E-state index contributed by atoms with van der Waals surface area (Å²) in [5, 5.41) is 2.49. The Balaban J connectivity index is 1.56. The lowest BCUT2D eigenvalue weighted by atomic mass is 9.99. The first kappa shape index (κ1) is 18.9. The van der Waals surface area contributed by atoms with Crippen molar-refractivity contribution in [1.82, 2.24) is 15.1 Å². The summed E-state index contributed by atoms with van der Waals surface area (Å²) in [6.07, 6.45) is -0.239. The van der Waals surface area contributed by atoms with Crippen LogP contribution in [0, 0.1) is 0 Å². The van der Waals surface area contributed by atoms with Crippen molar-refractivity contribution in [1.29, 1.82) is 0 Å². The van der Waals surface area contributed by atoms with E-state index in [4.69, 9.17) is 4.74 Å². The quantitative estimate of drug-likeness (QED) is 0.623. The van der Waals surface area contributed by atoms with Crippen LogP contribution < -0.4 is 5.32 Å². The van der Waals surface area contributed by atoms with Gasteiger partial charge >= 0.3 is 12.0 Å². The predicted octanol–water partition coefficient (Wildman–Crippen LogP) is 0.833. The van der Waals surface area contributed by atoms with Crippen LogP contribution in [-0.4, -0.2) is 58.3 Å². The van der Waals surface area contributed by atoms with Crippen molar-refractivity contribution in [2.45, 2.75) is 45.4 Å². The first-order chi connectivity index (χ1) is 12.7. The van der Waals surface area contributed by atoms with E-state index in [2.05, 4.69) is 5.32 Å². The molecule has 0 bridgehead atoms. The highest BCUT2D eigenvalue weighted by Gasteiger charge is 2.45. The Labute approximate surface area is 157 Å². The standard InChI is InChI=1S/C19H23N3O5/c1-12(16(24)21-9-8-13-6-4-5-7-14(13)10-21)27-15(23)11-22-17(25)19(2,3)20-18(22)26/h4-7,12H,8-11H2,1-3H3,(H,20,26). The average molecular weight is 373 g/mol. The lowest BCUT2D eigenvalue weighted by Gasteiger charge is -2.30. The number of rotatable bonds is 4. The second-order valence-corrected chi connectivity index (χ2v) is 7.36. The van der Waals surface area contributed by atoms with Crippen molar-refractivity contribution >= 4 is 23.8 Å². The fourth-order valence-corrected chi connectivity index (χ4v) is 3.32. The third-order valence-electron chi connectivity index (χ3n) is 4.83. The molecule has 0 radical (unpaired) electrons. The third kappa shape index (κ3) is 3.79. The van der Waals surface area contributed by atoms with Crippen molar-refractivity contribution < 1.29 is 23.9 Å². The number of ether oxygens (including phenoxy) is 1. The Hall–Kier alpha value is -2.90. The number of nitrogens with one attached hydrogen (secondary N) is 1. The van der Waals surface area contributed by atoms with Gasteiger partial charge < -0.3 is 15.0 Å². The maximum Gasteiger partial charge on any atom is 0.327 e. The average Bonchev–Trinajstić information content (AvgIpc) is 2.82. The SMILES string of the molecule is CC(OC(=O)CN1C(=O)NC(C)(C)C1=O)C(=O)N1CCc2ccccc2C1. The first-order valence-corrected chi connectivity index (χ1v) is 8.88. The van der Waals surface area contributed by atoms with E-state index in [1.807, 2.05) is 24.3 Å². The monoisotopic (exact) mass is 373 g/mol. The van der Waals surface area contributed by atoms with E-state index in [-0.39, 0.29) is 5.91 Å². The molecule has 27 heavy (non-hydrogen) atoms. The normalized spacial score (nSPS) is 19.4. The molecule has 1 aromatic carbocycles. The van der Waals surface area contributed by atoms with Gasteiger partial charge in [-0.2, -0.15) is 0 Å². The first-order valence-electron chi connectivity index (χ1n) is 8.88. The minimum absolute atomic E-state index is 0.296. The van der Waals surface area contributed by atoms with Gasteiger partial charge in [0.05, 0.1) is 0 Å². The largest absolute Gasteiger partial charge is 0.451 e. The molecule has 2 heterocycles. The van der Waals surface area contributed by atoms with Crippen LogP contribution in [0.3, 0.4) is 0 Å². The van der Waals surface area contributed by atoms with Crippen LogP contribution >= 0.6 is 0 Å². The molecule has 0 spiro atoms. The van der Waals surface area contributed by atoms with Gasteiger partial charge in [0.25, 0.3) is 11.8 Å². The molecule has 1 fully saturated rings. The number of urea groups is 1. The van der Waals surface area contributed by atoms with Crippen LogP contribution in [0.1, 0.15) is 31.9 Å². The molecule has 3 rings (SSSR count). The number of carbonyl (C=O) groups excluding carboxylic acids is 4. The molecule has 2 aliphatic heterocycles. The highest BCUT2D eigenvalue weighted by molar-refractivity contribution is 6.08. The predicted molar refractivity (Wildman–Crippen MR) is 95.4 cm³/mol. The van der Waals surface area contributed by atoms with Crippen LogP contribution in [0.15, 0.2) is 24.3 Å². The molecule has 8 nitrogen and oxygen atoms in total. The minimum atomic E-state index is -1.06. The van der Waals surface area contributed by atoms with Gasteiger partial charge in [0, 0.05) is 13.1 Å². The summed E-state index contributed by atoms with van der Waals surface area (Å²) in [4.78, 5) is 51.1. The van der Waals surface area contributed by atoms with Gasteiger partial charge in [-0.05, 0) is 38.3 Å². The zero-order chi connectivity index (χ0) is 19.8. The summed E-state index contributed by atoms with van der Waals surface area (Å²) in [5.41, 5.74) is 1.24. The minimum Gasteiger partial charge on any atom is -0.451 e. The fraction of sp³-hybridized carbons (Fsp3) is 0.474. The Bertz CT molecular complexity index is 804. The van der Waals surface area contributed by atoms with Gasteiger partial charge in [0.15, 0.2) is 6.10 Å². The topological polar surface area (TPSA) is 96.0 Å². The van der Waals surface area contributed by atoms with E-state index >= 15 is 0 Å². The maximum atomic E-state index is 12.6. The fourth-order valence-electron chi connectivity index (χ4n) is 3.32. The molecule has 1 unspecified atom stereocenters. The van der Waals surface area contributed by atoms with Crippen LogP contribution in [0.2, 0.25) is 0 Å². The summed E-state index contributed by atoms with van der Waals surface area (Å²) < 4.78 is 5.18. The Morgan fingerprint density at radius 3 is 2.52 bits per heavy atom. The van der Waals surface area contributed by atoms with Gasteiger partial charge in [-0.3, -0.25) is 19.3 Å². The molecule has 1 atom stereocenters.